The summed E-state index contributed by atoms with van der Waals surface area (Å²) in [6.07, 6.45) is 0.467. The van der Waals surface area contributed by atoms with Crippen LogP contribution in [0.2, 0.25) is 5.02 Å². The van der Waals surface area contributed by atoms with Crippen LogP contribution in [-0.4, -0.2) is 10.6 Å². The van der Waals surface area contributed by atoms with E-state index in [4.69, 9.17) is 11.6 Å². The minimum Gasteiger partial charge on any atom is -0.298 e. The summed E-state index contributed by atoms with van der Waals surface area (Å²) in [5.41, 5.74) is 0.369. The van der Waals surface area contributed by atoms with Crippen LogP contribution >= 0.6 is 27.5 Å². The Morgan fingerprint density at radius 2 is 2.06 bits per heavy atom. The summed E-state index contributed by atoms with van der Waals surface area (Å²) in [6.45, 7) is 5.61. The summed E-state index contributed by atoms with van der Waals surface area (Å²) in [5, 5.41) is 0.358. The largest absolute Gasteiger partial charge is 0.298 e. The molecule has 0 spiro atoms. The molecule has 0 aliphatic rings. The Labute approximate surface area is 114 Å². The van der Waals surface area contributed by atoms with E-state index in [1.54, 1.807) is 6.07 Å². The van der Waals surface area contributed by atoms with Gasteiger partial charge in [-0.05, 0) is 24.1 Å². The maximum absolute atomic E-state index is 12.9. The van der Waals surface area contributed by atoms with Gasteiger partial charge in [0.1, 0.15) is 5.82 Å². The summed E-state index contributed by atoms with van der Waals surface area (Å²) in [6, 6.07) is 4.22. The minimum absolute atomic E-state index is 0.109. The topological polar surface area (TPSA) is 17.1 Å². The smallest absolute Gasteiger partial charge is 0.152 e. The lowest BCUT2D eigenvalue weighted by Gasteiger charge is -2.21. The van der Waals surface area contributed by atoms with E-state index in [9.17, 15) is 9.18 Å². The number of Topliss-reactive ketones (excluding diaryl/α,β-unsaturated/α-hetero) is 1. The van der Waals surface area contributed by atoms with E-state index in [0.29, 0.717) is 11.4 Å². The van der Waals surface area contributed by atoms with Crippen LogP contribution in [0.3, 0.4) is 0 Å². The molecule has 0 N–H and O–H groups in total. The predicted octanol–water partition coefficient (Wildman–Crippen LogP) is 4.40. The Morgan fingerprint density at radius 3 is 2.53 bits per heavy atom. The number of carbonyl (C=O) groups excluding carboxylic acids is 1. The number of carbonyl (C=O) groups is 1. The summed E-state index contributed by atoms with van der Waals surface area (Å²) in [5.74, 6) is -0.259. The molecule has 0 aliphatic heterocycles. The van der Waals surface area contributed by atoms with Gasteiger partial charge in [-0.1, -0.05) is 54.4 Å². The maximum Gasteiger partial charge on any atom is 0.152 e. The van der Waals surface area contributed by atoms with Crippen LogP contribution in [0.15, 0.2) is 18.2 Å². The highest BCUT2D eigenvalue weighted by Gasteiger charge is 2.28. The van der Waals surface area contributed by atoms with Crippen molar-refractivity contribution < 1.29 is 9.18 Å². The fraction of sp³-hybridized carbons (Fsp3) is 0.462. The molecule has 1 aromatic rings. The first-order valence-corrected chi connectivity index (χ1v) is 6.63. The molecule has 1 rings (SSSR count). The summed E-state index contributed by atoms with van der Waals surface area (Å²) < 4.78 is 12.9. The van der Waals surface area contributed by atoms with Crippen molar-refractivity contribution in [2.75, 3.05) is 0 Å². The summed E-state index contributed by atoms with van der Waals surface area (Å²) >= 11 is 9.29. The lowest BCUT2D eigenvalue weighted by molar-refractivity contribution is -0.125. The molecule has 1 atom stereocenters. The summed E-state index contributed by atoms with van der Waals surface area (Å²) in [7, 11) is 0. The Hall–Kier alpha value is -0.410. The molecule has 0 amide bonds. The number of rotatable bonds is 3. The van der Waals surface area contributed by atoms with E-state index >= 15 is 0 Å². The molecular weight excluding hydrogens is 306 g/mol. The van der Waals surface area contributed by atoms with Gasteiger partial charge in [-0.15, -0.1) is 0 Å². The first kappa shape index (κ1) is 14.7. The Kier molecular flexibility index (Phi) is 4.73. The Balaban J connectivity index is 2.81. The van der Waals surface area contributed by atoms with Crippen molar-refractivity contribution in [2.45, 2.75) is 32.0 Å². The molecule has 1 nitrogen and oxygen atoms in total. The van der Waals surface area contributed by atoms with Gasteiger partial charge in [-0.3, -0.25) is 4.79 Å². The third kappa shape index (κ3) is 4.07. The number of benzene rings is 1. The number of alkyl halides is 1. The van der Waals surface area contributed by atoms with Crippen molar-refractivity contribution >= 4 is 33.3 Å². The van der Waals surface area contributed by atoms with Crippen molar-refractivity contribution in [3.8, 4) is 0 Å². The van der Waals surface area contributed by atoms with Crippen molar-refractivity contribution in [3.05, 3.63) is 34.6 Å². The molecular formula is C13H15BrClFO. The van der Waals surface area contributed by atoms with E-state index in [1.165, 1.54) is 12.1 Å². The van der Waals surface area contributed by atoms with E-state index in [-0.39, 0.29) is 16.4 Å². The van der Waals surface area contributed by atoms with Crippen LogP contribution in [0, 0.1) is 11.2 Å². The molecule has 0 radical (unpaired) electrons. The van der Waals surface area contributed by atoms with Gasteiger partial charge in [0.25, 0.3) is 0 Å². The van der Waals surface area contributed by atoms with Gasteiger partial charge in [-0.25, -0.2) is 4.39 Å². The molecule has 0 fully saturated rings. The molecule has 0 aromatic heterocycles. The average Bonchev–Trinajstić information content (AvgIpc) is 2.19. The molecule has 17 heavy (non-hydrogen) atoms. The van der Waals surface area contributed by atoms with Gasteiger partial charge in [0.15, 0.2) is 5.78 Å². The quantitative estimate of drug-likeness (QED) is 0.754. The second-order valence-electron chi connectivity index (χ2n) is 5.02. The number of hydrogen-bond acceptors (Lipinski definition) is 1. The first-order valence-electron chi connectivity index (χ1n) is 5.34. The highest BCUT2D eigenvalue weighted by molar-refractivity contribution is 9.10. The normalized spacial score (nSPS) is 13.5. The van der Waals surface area contributed by atoms with Gasteiger partial charge in [-0.2, -0.15) is 0 Å². The van der Waals surface area contributed by atoms with Crippen LogP contribution in [0.1, 0.15) is 26.3 Å². The van der Waals surface area contributed by atoms with Crippen molar-refractivity contribution in [1.82, 2.24) is 0 Å². The fourth-order valence-corrected chi connectivity index (χ4v) is 2.72. The van der Waals surface area contributed by atoms with Crippen molar-refractivity contribution in [2.24, 2.45) is 5.41 Å². The van der Waals surface area contributed by atoms with Crippen LogP contribution in [0.5, 0.6) is 0 Å². The van der Waals surface area contributed by atoms with Crippen LogP contribution in [-0.2, 0) is 11.2 Å². The molecule has 1 unspecified atom stereocenters. The van der Waals surface area contributed by atoms with E-state index in [1.807, 2.05) is 20.8 Å². The zero-order valence-electron chi connectivity index (χ0n) is 10.1. The maximum atomic E-state index is 12.9. The molecule has 0 saturated carbocycles. The van der Waals surface area contributed by atoms with Crippen LogP contribution < -0.4 is 0 Å². The number of halogens is 3. The molecule has 0 saturated heterocycles. The molecule has 94 valence electrons. The average molecular weight is 322 g/mol. The standard InChI is InChI=1S/C13H15BrClFO/c1-13(2,3)12(17)10(14)6-8-4-5-9(16)7-11(8)15/h4-5,7,10H,6H2,1-3H3. The zero-order valence-corrected chi connectivity index (χ0v) is 12.4. The second kappa shape index (κ2) is 5.49. The Bertz CT molecular complexity index is 426. The summed E-state index contributed by atoms with van der Waals surface area (Å²) in [4.78, 5) is 11.7. The molecule has 0 aliphatic carbocycles. The Morgan fingerprint density at radius 1 is 1.47 bits per heavy atom. The lowest BCUT2D eigenvalue weighted by atomic mass is 9.87. The van der Waals surface area contributed by atoms with Gasteiger partial charge in [0.05, 0.1) is 4.83 Å². The van der Waals surface area contributed by atoms with Gasteiger partial charge in [0.2, 0.25) is 0 Å². The minimum atomic E-state index is -0.402. The van der Waals surface area contributed by atoms with Gasteiger partial charge >= 0.3 is 0 Å². The third-order valence-corrected chi connectivity index (χ3v) is 3.53. The molecule has 4 heteroatoms. The number of hydrogen-bond donors (Lipinski definition) is 0. The molecule has 1 aromatic carbocycles. The second-order valence-corrected chi connectivity index (χ2v) is 6.53. The van der Waals surface area contributed by atoms with Crippen LogP contribution in [0.4, 0.5) is 4.39 Å². The SMILES string of the molecule is CC(C)(C)C(=O)C(Br)Cc1ccc(F)cc1Cl. The van der Waals surface area contributed by atoms with E-state index < -0.39 is 5.41 Å². The fourth-order valence-electron chi connectivity index (χ4n) is 1.44. The van der Waals surface area contributed by atoms with Gasteiger partial charge < -0.3 is 0 Å². The first-order chi connectivity index (χ1) is 7.71. The molecule has 0 bridgehead atoms. The van der Waals surface area contributed by atoms with E-state index in [2.05, 4.69) is 15.9 Å². The predicted molar refractivity (Wildman–Crippen MR) is 72.3 cm³/mol. The lowest BCUT2D eigenvalue weighted by Crippen LogP contribution is -2.30. The number of ketones is 1. The van der Waals surface area contributed by atoms with Crippen LogP contribution in [0.25, 0.3) is 0 Å². The highest BCUT2D eigenvalue weighted by Crippen LogP contribution is 2.26. The highest BCUT2D eigenvalue weighted by atomic mass is 79.9. The van der Waals surface area contributed by atoms with Crippen molar-refractivity contribution in [1.29, 1.82) is 0 Å². The zero-order chi connectivity index (χ0) is 13.2. The van der Waals surface area contributed by atoms with Crippen molar-refractivity contribution in [3.63, 3.8) is 0 Å². The third-order valence-electron chi connectivity index (χ3n) is 2.44. The monoisotopic (exact) mass is 320 g/mol. The van der Waals surface area contributed by atoms with Gasteiger partial charge in [0, 0.05) is 10.4 Å². The molecule has 0 heterocycles. The van der Waals surface area contributed by atoms with E-state index in [0.717, 1.165) is 5.56 Å².